The molecule has 21 heavy (non-hydrogen) atoms. The molecule has 1 amide bonds. The molecule has 3 rings (SSSR count). The van der Waals surface area contributed by atoms with E-state index >= 15 is 0 Å². The molecule has 1 aromatic rings. The molecular weight excluding hydrogens is 266 g/mol. The van der Waals surface area contributed by atoms with Gasteiger partial charge in [0.15, 0.2) is 0 Å². The Morgan fingerprint density at radius 2 is 2.10 bits per heavy atom. The van der Waals surface area contributed by atoms with Gasteiger partial charge in [0.1, 0.15) is 5.69 Å². The molecule has 0 radical (unpaired) electrons. The molecule has 1 N–H and O–H groups in total. The van der Waals surface area contributed by atoms with E-state index in [-0.39, 0.29) is 5.91 Å². The summed E-state index contributed by atoms with van der Waals surface area (Å²) in [5, 5.41) is 7.19. The Hall–Kier alpha value is -1.36. The first kappa shape index (κ1) is 14.6. The van der Waals surface area contributed by atoms with Crippen molar-refractivity contribution < 1.29 is 9.53 Å². The molecule has 2 fully saturated rings. The number of H-pyrrole nitrogens is 1. The van der Waals surface area contributed by atoms with Gasteiger partial charge in [-0.3, -0.25) is 9.89 Å². The highest BCUT2D eigenvalue weighted by Crippen LogP contribution is 2.39. The van der Waals surface area contributed by atoms with E-state index in [4.69, 9.17) is 4.74 Å². The molecule has 5 nitrogen and oxygen atoms in total. The van der Waals surface area contributed by atoms with Crippen molar-refractivity contribution in [2.24, 2.45) is 5.92 Å². The molecule has 5 heteroatoms. The van der Waals surface area contributed by atoms with Crippen molar-refractivity contribution in [2.75, 3.05) is 19.7 Å². The highest BCUT2D eigenvalue weighted by atomic mass is 16.5. The smallest absolute Gasteiger partial charge is 0.274 e. The van der Waals surface area contributed by atoms with Gasteiger partial charge in [0.05, 0.1) is 6.10 Å². The number of ether oxygens (including phenoxy) is 1. The zero-order valence-electron chi connectivity index (χ0n) is 13.0. The van der Waals surface area contributed by atoms with E-state index in [1.54, 1.807) is 0 Å². The van der Waals surface area contributed by atoms with Crippen molar-refractivity contribution in [3.63, 3.8) is 0 Å². The summed E-state index contributed by atoms with van der Waals surface area (Å²) in [5.74, 6) is 1.23. The van der Waals surface area contributed by atoms with Gasteiger partial charge in [-0.05, 0) is 37.7 Å². The number of nitrogens with one attached hydrogen (secondary N) is 1. The predicted molar refractivity (Wildman–Crippen MR) is 80.3 cm³/mol. The number of rotatable bonds is 5. The number of carbonyl (C=O) groups is 1. The van der Waals surface area contributed by atoms with E-state index in [2.05, 4.69) is 24.0 Å². The second-order valence-corrected chi connectivity index (χ2v) is 6.70. The Morgan fingerprint density at radius 1 is 1.38 bits per heavy atom. The Bertz CT molecular complexity index is 485. The molecule has 0 aromatic carbocycles. The quantitative estimate of drug-likeness (QED) is 0.907. The van der Waals surface area contributed by atoms with Gasteiger partial charge in [0, 0.05) is 31.3 Å². The van der Waals surface area contributed by atoms with Crippen molar-refractivity contribution in [1.82, 2.24) is 15.1 Å². The zero-order chi connectivity index (χ0) is 14.8. The van der Waals surface area contributed by atoms with E-state index in [1.807, 2.05) is 11.0 Å². The number of amides is 1. The van der Waals surface area contributed by atoms with Crippen molar-refractivity contribution in [3.8, 4) is 0 Å². The Morgan fingerprint density at radius 3 is 2.71 bits per heavy atom. The SMILES string of the molecule is CC(C)COC1CCN(C(=O)c2cc(C3CC3)[nH]n2)CC1. The third-order valence-electron chi connectivity index (χ3n) is 4.23. The molecule has 0 atom stereocenters. The first-order valence-electron chi connectivity index (χ1n) is 8.09. The molecule has 0 unspecified atom stereocenters. The van der Waals surface area contributed by atoms with Crippen LogP contribution in [0.15, 0.2) is 6.07 Å². The van der Waals surface area contributed by atoms with Gasteiger partial charge in [0.25, 0.3) is 5.91 Å². The average molecular weight is 291 g/mol. The van der Waals surface area contributed by atoms with Gasteiger partial charge >= 0.3 is 0 Å². The van der Waals surface area contributed by atoms with Crippen LogP contribution in [0.3, 0.4) is 0 Å². The van der Waals surface area contributed by atoms with E-state index < -0.39 is 0 Å². The van der Waals surface area contributed by atoms with Crippen LogP contribution in [-0.2, 0) is 4.74 Å². The van der Waals surface area contributed by atoms with Gasteiger partial charge in [-0.2, -0.15) is 5.10 Å². The molecule has 1 aliphatic carbocycles. The third kappa shape index (κ3) is 3.64. The minimum atomic E-state index is 0.0560. The lowest BCUT2D eigenvalue weighted by atomic mass is 10.1. The Kier molecular flexibility index (Phi) is 4.29. The van der Waals surface area contributed by atoms with Crippen molar-refractivity contribution >= 4 is 5.91 Å². The molecule has 116 valence electrons. The fourth-order valence-electron chi connectivity index (χ4n) is 2.77. The van der Waals surface area contributed by atoms with Crippen LogP contribution in [0.25, 0.3) is 0 Å². The van der Waals surface area contributed by atoms with Crippen LogP contribution in [0.4, 0.5) is 0 Å². The maximum absolute atomic E-state index is 12.4. The van der Waals surface area contributed by atoms with E-state index in [0.717, 1.165) is 38.2 Å². The summed E-state index contributed by atoms with van der Waals surface area (Å²) in [6.07, 6.45) is 4.59. The van der Waals surface area contributed by atoms with Crippen molar-refractivity contribution in [2.45, 2.75) is 51.6 Å². The number of carbonyl (C=O) groups excluding carboxylic acids is 1. The molecule has 2 aliphatic rings. The van der Waals surface area contributed by atoms with Crippen LogP contribution in [0.5, 0.6) is 0 Å². The fourth-order valence-corrected chi connectivity index (χ4v) is 2.77. The average Bonchev–Trinajstić information content (AvgIpc) is 3.22. The van der Waals surface area contributed by atoms with Crippen LogP contribution in [-0.4, -0.2) is 46.8 Å². The lowest BCUT2D eigenvalue weighted by molar-refractivity contribution is -0.00243. The Labute approximate surface area is 126 Å². The number of likely N-dealkylation sites (tertiary alicyclic amines) is 1. The number of hydrogen-bond acceptors (Lipinski definition) is 3. The second kappa shape index (κ2) is 6.18. The molecule has 1 aromatic heterocycles. The normalized spacial score (nSPS) is 20.2. The fraction of sp³-hybridized carbons (Fsp3) is 0.750. The summed E-state index contributed by atoms with van der Waals surface area (Å²) in [6.45, 7) is 6.67. The molecule has 0 spiro atoms. The largest absolute Gasteiger partial charge is 0.378 e. The lowest BCUT2D eigenvalue weighted by Crippen LogP contribution is -2.41. The number of aromatic nitrogens is 2. The topological polar surface area (TPSA) is 58.2 Å². The van der Waals surface area contributed by atoms with Crippen LogP contribution in [0.1, 0.15) is 61.6 Å². The minimum absolute atomic E-state index is 0.0560. The van der Waals surface area contributed by atoms with E-state index in [9.17, 15) is 4.79 Å². The molecule has 2 heterocycles. The summed E-state index contributed by atoms with van der Waals surface area (Å²) in [5.41, 5.74) is 1.69. The maximum atomic E-state index is 12.4. The third-order valence-corrected chi connectivity index (χ3v) is 4.23. The first-order valence-corrected chi connectivity index (χ1v) is 8.09. The zero-order valence-corrected chi connectivity index (χ0v) is 13.0. The molecule has 1 aliphatic heterocycles. The maximum Gasteiger partial charge on any atom is 0.274 e. The summed E-state index contributed by atoms with van der Waals surface area (Å²) < 4.78 is 5.86. The number of hydrogen-bond donors (Lipinski definition) is 1. The van der Waals surface area contributed by atoms with Crippen molar-refractivity contribution in [3.05, 3.63) is 17.5 Å². The van der Waals surface area contributed by atoms with E-state index in [0.29, 0.717) is 23.6 Å². The van der Waals surface area contributed by atoms with Gasteiger partial charge in [-0.1, -0.05) is 13.8 Å². The monoisotopic (exact) mass is 291 g/mol. The number of piperidine rings is 1. The highest BCUT2D eigenvalue weighted by molar-refractivity contribution is 5.92. The van der Waals surface area contributed by atoms with Crippen LogP contribution in [0.2, 0.25) is 0 Å². The Balaban J connectivity index is 1.50. The summed E-state index contributed by atoms with van der Waals surface area (Å²) >= 11 is 0. The minimum Gasteiger partial charge on any atom is -0.378 e. The summed E-state index contributed by atoms with van der Waals surface area (Å²) in [7, 11) is 0. The van der Waals surface area contributed by atoms with Crippen molar-refractivity contribution in [1.29, 1.82) is 0 Å². The highest BCUT2D eigenvalue weighted by Gasteiger charge is 2.29. The van der Waals surface area contributed by atoms with Crippen LogP contribution >= 0.6 is 0 Å². The van der Waals surface area contributed by atoms with Gasteiger partial charge in [-0.25, -0.2) is 0 Å². The van der Waals surface area contributed by atoms with Gasteiger partial charge in [0.2, 0.25) is 0 Å². The first-order chi connectivity index (χ1) is 10.1. The molecule has 0 bridgehead atoms. The molecule has 1 saturated heterocycles. The summed E-state index contributed by atoms with van der Waals surface area (Å²) in [6, 6.07) is 1.93. The lowest BCUT2D eigenvalue weighted by Gasteiger charge is -2.31. The molecular formula is C16H25N3O2. The van der Waals surface area contributed by atoms with E-state index in [1.165, 1.54) is 12.8 Å². The van der Waals surface area contributed by atoms with Gasteiger partial charge < -0.3 is 9.64 Å². The predicted octanol–water partition coefficient (Wildman–Crippen LogP) is 2.56. The standard InChI is InChI=1S/C16H25N3O2/c1-11(2)10-21-13-5-7-19(8-6-13)16(20)15-9-14(17-18-15)12-3-4-12/h9,11-13H,3-8,10H2,1-2H3,(H,17,18). The number of nitrogens with zero attached hydrogens (tertiary/aromatic N) is 2. The van der Waals surface area contributed by atoms with Gasteiger partial charge in [-0.15, -0.1) is 0 Å². The number of aromatic amines is 1. The van der Waals surface area contributed by atoms with Crippen LogP contribution in [0, 0.1) is 5.92 Å². The van der Waals surface area contributed by atoms with Crippen LogP contribution < -0.4 is 0 Å². The second-order valence-electron chi connectivity index (χ2n) is 6.70. The molecule has 1 saturated carbocycles. The summed E-state index contributed by atoms with van der Waals surface area (Å²) in [4.78, 5) is 14.3.